The highest BCUT2D eigenvalue weighted by molar-refractivity contribution is 6.33. The summed E-state index contributed by atoms with van der Waals surface area (Å²) in [6.07, 6.45) is 0. The van der Waals surface area contributed by atoms with Crippen LogP contribution in [0.3, 0.4) is 0 Å². The zero-order valence-electron chi connectivity index (χ0n) is 6.24. The van der Waals surface area contributed by atoms with Gasteiger partial charge >= 0.3 is 7.32 Å². The summed E-state index contributed by atoms with van der Waals surface area (Å²) in [4.78, 5) is 0. The highest BCUT2D eigenvalue weighted by Gasteiger charge is 2.18. The predicted octanol–water partition coefficient (Wildman–Crippen LogP) is -0.360. The van der Waals surface area contributed by atoms with Gasteiger partial charge in [-0.25, -0.2) is 0 Å². The third kappa shape index (κ3) is 1.72. The summed E-state index contributed by atoms with van der Waals surface area (Å²) < 4.78 is 9.27. The van der Waals surface area contributed by atoms with Crippen molar-refractivity contribution in [2.45, 2.75) is 13.8 Å². The van der Waals surface area contributed by atoms with Gasteiger partial charge in [-0.3, -0.25) is 0 Å². The van der Waals surface area contributed by atoms with Gasteiger partial charge in [-0.05, 0) is 6.92 Å². The summed E-state index contributed by atoms with van der Waals surface area (Å²) in [7, 11) is -1.83. The van der Waals surface area contributed by atoms with Gasteiger partial charge < -0.3 is 19.2 Å². The molecule has 0 fully saturated rings. The van der Waals surface area contributed by atoms with E-state index in [2.05, 4.69) is 9.81 Å². The molecule has 0 aromatic carbocycles. The molecule has 0 aliphatic rings. The standard InChI is InChI=1S/C5H8BNO4/c1-3-5(10-6(8)9)4(2)11-7-3/h8-9H,1-2H3. The van der Waals surface area contributed by atoms with Crippen LogP contribution in [0, 0.1) is 13.8 Å². The Morgan fingerprint density at radius 2 is 2.09 bits per heavy atom. The third-order valence-electron chi connectivity index (χ3n) is 1.19. The largest absolute Gasteiger partial charge is 0.707 e. The molecule has 5 nitrogen and oxygen atoms in total. The van der Waals surface area contributed by atoms with Crippen molar-refractivity contribution in [3.05, 3.63) is 11.5 Å². The first kappa shape index (κ1) is 8.09. The maximum absolute atomic E-state index is 8.44. The van der Waals surface area contributed by atoms with Crippen molar-refractivity contribution in [2.75, 3.05) is 0 Å². The lowest BCUT2D eigenvalue weighted by atomic mass is 10.2. The lowest BCUT2D eigenvalue weighted by Crippen LogP contribution is -2.21. The Hall–Kier alpha value is -1.01. The molecule has 1 aromatic heterocycles. The molecule has 0 amide bonds. The summed E-state index contributed by atoms with van der Waals surface area (Å²) in [6, 6.07) is 0. The van der Waals surface area contributed by atoms with Crippen LogP contribution in [0.1, 0.15) is 11.5 Å². The van der Waals surface area contributed by atoms with E-state index in [-0.39, 0.29) is 5.75 Å². The highest BCUT2D eigenvalue weighted by Crippen LogP contribution is 2.21. The molecular formula is C5H8BNO4. The van der Waals surface area contributed by atoms with Crippen LogP contribution in [-0.4, -0.2) is 22.5 Å². The van der Waals surface area contributed by atoms with Crippen molar-refractivity contribution in [1.29, 1.82) is 0 Å². The maximum atomic E-state index is 8.44. The second-order valence-corrected chi connectivity index (χ2v) is 2.10. The van der Waals surface area contributed by atoms with Crippen molar-refractivity contribution in [3.63, 3.8) is 0 Å². The summed E-state index contributed by atoms with van der Waals surface area (Å²) in [6.45, 7) is 3.27. The van der Waals surface area contributed by atoms with Crippen molar-refractivity contribution >= 4 is 7.32 Å². The lowest BCUT2D eigenvalue weighted by Gasteiger charge is -2.00. The minimum absolute atomic E-state index is 0.278. The van der Waals surface area contributed by atoms with E-state index in [1.165, 1.54) is 0 Å². The molecule has 1 rings (SSSR count). The molecule has 0 bridgehead atoms. The first-order valence-corrected chi connectivity index (χ1v) is 3.07. The van der Waals surface area contributed by atoms with Crippen LogP contribution in [0.15, 0.2) is 4.52 Å². The monoisotopic (exact) mass is 157 g/mol. The Bertz CT molecular complexity index is 227. The van der Waals surface area contributed by atoms with Crippen molar-refractivity contribution in [1.82, 2.24) is 5.16 Å². The van der Waals surface area contributed by atoms with E-state index in [1.54, 1.807) is 13.8 Å². The van der Waals surface area contributed by atoms with Gasteiger partial charge in [0.15, 0.2) is 11.5 Å². The van der Waals surface area contributed by atoms with E-state index >= 15 is 0 Å². The van der Waals surface area contributed by atoms with Gasteiger partial charge in [-0.1, -0.05) is 5.16 Å². The SMILES string of the molecule is Cc1noc(C)c1OB(O)O. The maximum Gasteiger partial charge on any atom is 0.707 e. The second kappa shape index (κ2) is 2.94. The van der Waals surface area contributed by atoms with Crippen molar-refractivity contribution < 1.29 is 19.2 Å². The molecule has 1 aromatic rings. The van der Waals surface area contributed by atoms with Gasteiger partial charge in [-0.2, -0.15) is 0 Å². The normalized spacial score (nSPS) is 9.82. The molecule has 0 aliphatic heterocycles. The predicted molar refractivity (Wildman–Crippen MR) is 36.8 cm³/mol. The fourth-order valence-corrected chi connectivity index (χ4v) is 0.748. The van der Waals surface area contributed by atoms with Gasteiger partial charge in [-0.15, -0.1) is 0 Å². The van der Waals surface area contributed by atoms with Crippen LogP contribution in [0.4, 0.5) is 0 Å². The fourth-order valence-electron chi connectivity index (χ4n) is 0.748. The van der Waals surface area contributed by atoms with Gasteiger partial charge in [0.25, 0.3) is 0 Å². The summed E-state index contributed by atoms with van der Waals surface area (Å²) in [5, 5.41) is 20.4. The minimum Gasteiger partial charge on any atom is -0.508 e. The molecule has 6 heteroatoms. The molecule has 2 N–H and O–H groups in total. The van der Waals surface area contributed by atoms with E-state index in [0.29, 0.717) is 11.5 Å². The Kier molecular flexibility index (Phi) is 2.16. The van der Waals surface area contributed by atoms with Gasteiger partial charge in [0.2, 0.25) is 0 Å². The first-order chi connectivity index (χ1) is 5.11. The molecule has 60 valence electrons. The third-order valence-corrected chi connectivity index (χ3v) is 1.19. The Labute approximate surface area is 63.8 Å². The van der Waals surface area contributed by atoms with E-state index in [4.69, 9.17) is 14.6 Å². The summed E-state index contributed by atoms with van der Waals surface area (Å²) >= 11 is 0. The molecule has 0 atom stereocenters. The van der Waals surface area contributed by atoms with E-state index in [0.717, 1.165) is 0 Å². The smallest absolute Gasteiger partial charge is 0.508 e. The zero-order valence-corrected chi connectivity index (χ0v) is 6.24. The molecule has 0 aliphatic carbocycles. The average Bonchev–Trinajstić information content (AvgIpc) is 2.18. The molecule has 0 saturated heterocycles. The van der Waals surface area contributed by atoms with Crippen LogP contribution in [-0.2, 0) is 0 Å². The average molecular weight is 157 g/mol. The first-order valence-electron chi connectivity index (χ1n) is 3.07. The molecule has 0 unspecified atom stereocenters. The number of nitrogens with zero attached hydrogens (tertiary/aromatic N) is 1. The Morgan fingerprint density at radius 3 is 2.45 bits per heavy atom. The lowest BCUT2D eigenvalue weighted by molar-refractivity contribution is 0.284. The topological polar surface area (TPSA) is 75.7 Å². The van der Waals surface area contributed by atoms with E-state index < -0.39 is 7.32 Å². The number of aromatic nitrogens is 1. The van der Waals surface area contributed by atoms with Crippen molar-refractivity contribution in [3.8, 4) is 5.75 Å². The Balaban J connectivity index is 2.83. The van der Waals surface area contributed by atoms with Crippen LogP contribution in [0.2, 0.25) is 0 Å². The number of hydrogen-bond donors (Lipinski definition) is 2. The summed E-state index contributed by atoms with van der Waals surface area (Å²) in [5.41, 5.74) is 0.496. The fraction of sp³-hybridized carbons (Fsp3) is 0.400. The zero-order chi connectivity index (χ0) is 8.43. The van der Waals surface area contributed by atoms with Crippen LogP contribution < -0.4 is 4.65 Å². The van der Waals surface area contributed by atoms with Crippen LogP contribution in [0.5, 0.6) is 5.75 Å². The quantitative estimate of drug-likeness (QED) is 0.573. The van der Waals surface area contributed by atoms with Gasteiger partial charge in [0, 0.05) is 6.92 Å². The van der Waals surface area contributed by atoms with E-state index in [9.17, 15) is 0 Å². The molecule has 11 heavy (non-hydrogen) atoms. The van der Waals surface area contributed by atoms with E-state index in [1.807, 2.05) is 0 Å². The molecular weight excluding hydrogens is 149 g/mol. The van der Waals surface area contributed by atoms with Crippen molar-refractivity contribution in [2.24, 2.45) is 0 Å². The van der Waals surface area contributed by atoms with Crippen LogP contribution >= 0.6 is 0 Å². The van der Waals surface area contributed by atoms with Gasteiger partial charge in [0.05, 0.1) is 0 Å². The number of rotatable bonds is 2. The molecule has 0 saturated carbocycles. The van der Waals surface area contributed by atoms with Crippen LogP contribution in [0.25, 0.3) is 0 Å². The number of aryl methyl sites for hydroxylation is 2. The molecule has 1 heterocycles. The molecule has 0 radical (unpaired) electrons. The second-order valence-electron chi connectivity index (χ2n) is 2.10. The minimum atomic E-state index is -1.83. The highest BCUT2D eigenvalue weighted by atomic mass is 16.6. The number of hydrogen-bond acceptors (Lipinski definition) is 5. The van der Waals surface area contributed by atoms with Gasteiger partial charge in [0.1, 0.15) is 5.69 Å². The molecule has 0 spiro atoms. The summed E-state index contributed by atoms with van der Waals surface area (Å²) in [5.74, 6) is 0.704. The Morgan fingerprint density at radius 1 is 1.45 bits per heavy atom.